The van der Waals surface area contributed by atoms with E-state index < -0.39 is 0 Å². The molecule has 0 heterocycles. The number of phenolic OH excluding ortho intramolecular Hbond substituents is 1. The SMILES string of the molecule is COc1ccc(C(=O)CCl)c(O)c1. The number of ether oxygens (including phenoxy) is 1. The first-order valence-corrected chi connectivity index (χ1v) is 4.18. The van der Waals surface area contributed by atoms with Crippen LogP contribution in [-0.4, -0.2) is 23.9 Å². The van der Waals surface area contributed by atoms with Crippen LogP contribution < -0.4 is 4.74 Å². The van der Waals surface area contributed by atoms with Gasteiger partial charge in [0.2, 0.25) is 0 Å². The van der Waals surface area contributed by atoms with Crippen LogP contribution in [0, 0.1) is 0 Å². The molecule has 1 aromatic rings. The Bertz CT molecular complexity index is 323. The van der Waals surface area contributed by atoms with Gasteiger partial charge < -0.3 is 9.84 Å². The maximum Gasteiger partial charge on any atom is 0.181 e. The zero-order chi connectivity index (χ0) is 9.84. The Kier molecular flexibility index (Phi) is 3.14. The first-order valence-electron chi connectivity index (χ1n) is 3.65. The monoisotopic (exact) mass is 200 g/mol. The maximum atomic E-state index is 11.1. The molecule has 0 fully saturated rings. The standard InChI is InChI=1S/C9H9ClO3/c1-13-6-2-3-7(8(11)4-6)9(12)5-10/h2-4,11H,5H2,1H3. The van der Waals surface area contributed by atoms with Crippen molar-refractivity contribution >= 4 is 17.4 Å². The number of Topliss-reactive ketones (excluding diaryl/α,β-unsaturated/α-hetero) is 1. The van der Waals surface area contributed by atoms with Gasteiger partial charge in [-0.05, 0) is 12.1 Å². The molecular formula is C9H9ClO3. The average Bonchev–Trinajstić information content (AvgIpc) is 2.16. The molecule has 0 bridgehead atoms. The Balaban J connectivity index is 3.05. The lowest BCUT2D eigenvalue weighted by atomic mass is 10.1. The molecule has 0 aliphatic carbocycles. The van der Waals surface area contributed by atoms with Gasteiger partial charge in [0.25, 0.3) is 0 Å². The van der Waals surface area contributed by atoms with Crippen LogP contribution in [0.5, 0.6) is 11.5 Å². The number of carbonyl (C=O) groups is 1. The van der Waals surface area contributed by atoms with E-state index in [-0.39, 0.29) is 23.0 Å². The highest BCUT2D eigenvalue weighted by Gasteiger charge is 2.09. The number of hydrogen-bond donors (Lipinski definition) is 1. The highest BCUT2D eigenvalue weighted by atomic mass is 35.5. The lowest BCUT2D eigenvalue weighted by molar-refractivity contribution is 0.101. The number of rotatable bonds is 3. The number of ketones is 1. The predicted molar refractivity (Wildman–Crippen MR) is 49.7 cm³/mol. The number of aromatic hydroxyl groups is 1. The van der Waals surface area contributed by atoms with Crippen molar-refractivity contribution in [3.05, 3.63) is 23.8 Å². The van der Waals surface area contributed by atoms with Gasteiger partial charge in [-0.2, -0.15) is 0 Å². The Morgan fingerprint density at radius 3 is 2.77 bits per heavy atom. The van der Waals surface area contributed by atoms with E-state index in [4.69, 9.17) is 16.3 Å². The maximum absolute atomic E-state index is 11.1. The lowest BCUT2D eigenvalue weighted by Crippen LogP contribution is -2.00. The minimum absolute atomic E-state index is 0.106. The number of alkyl halides is 1. The summed E-state index contributed by atoms with van der Waals surface area (Å²) in [6.45, 7) is 0. The van der Waals surface area contributed by atoms with Crippen molar-refractivity contribution in [3.63, 3.8) is 0 Å². The van der Waals surface area contributed by atoms with Crippen LogP contribution in [0.3, 0.4) is 0 Å². The third kappa shape index (κ3) is 2.12. The van der Waals surface area contributed by atoms with Gasteiger partial charge >= 0.3 is 0 Å². The van der Waals surface area contributed by atoms with E-state index in [2.05, 4.69) is 0 Å². The van der Waals surface area contributed by atoms with Gasteiger partial charge in [-0.3, -0.25) is 4.79 Å². The molecule has 13 heavy (non-hydrogen) atoms. The van der Waals surface area contributed by atoms with Crippen molar-refractivity contribution in [2.24, 2.45) is 0 Å². The highest BCUT2D eigenvalue weighted by molar-refractivity contribution is 6.30. The molecule has 0 aromatic heterocycles. The second kappa shape index (κ2) is 4.14. The van der Waals surface area contributed by atoms with Crippen molar-refractivity contribution in [1.82, 2.24) is 0 Å². The van der Waals surface area contributed by atoms with E-state index in [0.717, 1.165) is 0 Å². The van der Waals surface area contributed by atoms with E-state index in [1.54, 1.807) is 6.07 Å². The largest absolute Gasteiger partial charge is 0.507 e. The van der Waals surface area contributed by atoms with Crippen LogP contribution >= 0.6 is 11.6 Å². The normalized spacial score (nSPS) is 9.69. The van der Waals surface area contributed by atoms with E-state index in [9.17, 15) is 9.90 Å². The summed E-state index contributed by atoms with van der Waals surface area (Å²) in [6.07, 6.45) is 0. The summed E-state index contributed by atoms with van der Waals surface area (Å²) in [6, 6.07) is 4.46. The first-order chi connectivity index (χ1) is 6.19. The summed E-state index contributed by atoms with van der Waals surface area (Å²) >= 11 is 5.34. The summed E-state index contributed by atoms with van der Waals surface area (Å²) in [5, 5.41) is 9.36. The van der Waals surface area contributed by atoms with Gasteiger partial charge in [0.05, 0.1) is 18.6 Å². The molecule has 0 atom stereocenters. The number of methoxy groups -OCH3 is 1. The van der Waals surface area contributed by atoms with Crippen LogP contribution in [0.1, 0.15) is 10.4 Å². The van der Waals surface area contributed by atoms with Crippen molar-refractivity contribution in [1.29, 1.82) is 0 Å². The summed E-state index contributed by atoms with van der Waals surface area (Å²) in [5.41, 5.74) is 0.218. The minimum Gasteiger partial charge on any atom is -0.507 e. The second-order valence-electron chi connectivity index (χ2n) is 2.44. The van der Waals surface area contributed by atoms with E-state index in [1.807, 2.05) is 0 Å². The second-order valence-corrected chi connectivity index (χ2v) is 2.71. The zero-order valence-corrected chi connectivity index (χ0v) is 7.84. The molecule has 0 saturated heterocycles. The van der Waals surface area contributed by atoms with E-state index >= 15 is 0 Å². The van der Waals surface area contributed by atoms with Crippen LogP contribution in [0.4, 0.5) is 0 Å². The summed E-state index contributed by atoms with van der Waals surface area (Å²) in [7, 11) is 1.48. The molecule has 3 nitrogen and oxygen atoms in total. The van der Waals surface area contributed by atoms with Crippen LogP contribution in [0.15, 0.2) is 18.2 Å². The molecule has 1 rings (SSSR count). The van der Waals surface area contributed by atoms with Gasteiger partial charge in [0, 0.05) is 6.07 Å². The summed E-state index contributed by atoms with van der Waals surface area (Å²) in [4.78, 5) is 11.1. The average molecular weight is 201 g/mol. The zero-order valence-electron chi connectivity index (χ0n) is 7.08. The summed E-state index contributed by atoms with van der Waals surface area (Å²) in [5.74, 6) is -0.0460. The number of hydrogen-bond acceptors (Lipinski definition) is 3. The molecule has 1 aromatic carbocycles. The van der Waals surface area contributed by atoms with E-state index in [1.165, 1.54) is 19.2 Å². The number of halogens is 1. The van der Waals surface area contributed by atoms with Crippen LogP contribution in [-0.2, 0) is 0 Å². The van der Waals surface area contributed by atoms with Gasteiger partial charge in [0.15, 0.2) is 5.78 Å². The molecule has 70 valence electrons. The van der Waals surface area contributed by atoms with Crippen LogP contribution in [0.25, 0.3) is 0 Å². The Morgan fingerprint density at radius 1 is 1.62 bits per heavy atom. The Morgan fingerprint density at radius 2 is 2.31 bits per heavy atom. The van der Waals surface area contributed by atoms with Crippen molar-refractivity contribution in [3.8, 4) is 11.5 Å². The fourth-order valence-electron chi connectivity index (χ4n) is 0.946. The number of carbonyl (C=O) groups excluding carboxylic acids is 1. The fourth-order valence-corrected chi connectivity index (χ4v) is 1.09. The predicted octanol–water partition coefficient (Wildman–Crippen LogP) is 1.82. The Hall–Kier alpha value is -1.22. The molecule has 0 spiro atoms. The molecule has 1 N–H and O–H groups in total. The number of benzene rings is 1. The van der Waals surface area contributed by atoms with Gasteiger partial charge in [-0.1, -0.05) is 0 Å². The molecule has 0 aliphatic rings. The molecule has 0 unspecified atom stereocenters. The van der Waals surface area contributed by atoms with Crippen LogP contribution in [0.2, 0.25) is 0 Å². The van der Waals surface area contributed by atoms with Gasteiger partial charge in [0.1, 0.15) is 11.5 Å². The third-order valence-electron chi connectivity index (χ3n) is 1.63. The molecule has 0 radical (unpaired) electrons. The lowest BCUT2D eigenvalue weighted by Gasteiger charge is -2.03. The third-order valence-corrected chi connectivity index (χ3v) is 1.87. The molecule has 0 aliphatic heterocycles. The van der Waals surface area contributed by atoms with Gasteiger partial charge in [-0.25, -0.2) is 0 Å². The highest BCUT2D eigenvalue weighted by Crippen LogP contribution is 2.23. The van der Waals surface area contributed by atoms with Crippen molar-refractivity contribution in [2.75, 3.05) is 13.0 Å². The van der Waals surface area contributed by atoms with E-state index in [0.29, 0.717) is 5.75 Å². The molecule has 0 amide bonds. The summed E-state index contributed by atoms with van der Waals surface area (Å²) < 4.78 is 4.86. The number of phenols is 1. The molecule has 0 saturated carbocycles. The first kappa shape index (κ1) is 9.86. The van der Waals surface area contributed by atoms with Crippen molar-refractivity contribution in [2.45, 2.75) is 0 Å². The fraction of sp³-hybridized carbons (Fsp3) is 0.222. The Labute approximate surface area is 80.9 Å². The topological polar surface area (TPSA) is 46.5 Å². The van der Waals surface area contributed by atoms with Crippen molar-refractivity contribution < 1.29 is 14.6 Å². The smallest absolute Gasteiger partial charge is 0.181 e. The molecular weight excluding hydrogens is 192 g/mol. The quantitative estimate of drug-likeness (QED) is 0.598. The minimum atomic E-state index is -0.304. The molecule has 4 heteroatoms. The van der Waals surface area contributed by atoms with Gasteiger partial charge in [-0.15, -0.1) is 11.6 Å².